The van der Waals surface area contributed by atoms with Gasteiger partial charge in [-0.05, 0) is 64.9 Å². The average Bonchev–Trinajstić information content (AvgIpc) is 3.10. The summed E-state index contributed by atoms with van der Waals surface area (Å²) in [5.74, 6) is 0.111. The van der Waals surface area contributed by atoms with Crippen LogP contribution in [0.1, 0.15) is 43.1 Å². The Bertz CT molecular complexity index is 717. The van der Waals surface area contributed by atoms with E-state index in [9.17, 15) is 9.59 Å². The highest BCUT2D eigenvalue weighted by atomic mass is 79.9. The maximum Gasteiger partial charge on any atom is 0.348 e. The molecule has 22 heavy (non-hydrogen) atoms. The van der Waals surface area contributed by atoms with Gasteiger partial charge in [-0.1, -0.05) is 6.92 Å². The minimum Gasteiger partial charge on any atom is -0.453 e. The standard InChI is InChI=1S/C16H15BrO3S2/c1-9-2-3-12-10(6-9)7-14(21-12)16(19)20-8-11(18)13-4-5-15(17)22-13/h4-5,7,9H,2-3,6,8H2,1H3/t9-/m1/s1. The van der Waals surface area contributed by atoms with Crippen molar-refractivity contribution in [1.29, 1.82) is 0 Å². The molecule has 3 rings (SSSR count). The zero-order valence-electron chi connectivity index (χ0n) is 12.1. The van der Waals surface area contributed by atoms with E-state index in [-0.39, 0.29) is 12.4 Å². The third kappa shape index (κ3) is 3.50. The number of ketones is 1. The molecule has 1 aliphatic rings. The van der Waals surface area contributed by atoms with Gasteiger partial charge in [0.2, 0.25) is 5.78 Å². The van der Waals surface area contributed by atoms with E-state index >= 15 is 0 Å². The van der Waals surface area contributed by atoms with Crippen LogP contribution in [0.5, 0.6) is 0 Å². The molecule has 2 aromatic rings. The minimum atomic E-state index is -0.393. The number of carbonyl (C=O) groups excluding carboxylic acids is 2. The van der Waals surface area contributed by atoms with Crippen LogP contribution in [0.3, 0.4) is 0 Å². The molecule has 6 heteroatoms. The number of aryl methyl sites for hydroxylation is 1. The van der Waals surface area contributed by atoms with Crippen molar-refractivity contribution in [2.24, 2.45) is 5.92 Å². The van der Waals surface area contributed by atoms with Gasteiger partial charge in [0.15, 0.2) is 6.61 Å². The van der Waals surface area contributed by atoms with Gasteiger partial charge in [-0.2, -0.15) is 0 Å². The van der Waals surface area contributed by atoms with Crippen LogP contribution in [0.2, 0.25) is 0 Å². The summed E-state index contributed by atoms with van der Waals surface area (Å²) in [6, 6.07) is 5.48. The molecule has 1 atom stereocenters. The summed E-state index contributed by atoms with van der Waals surface area (Å²) >= 11 is 6.17. The van der Waals surface area contributed by atoms with Crippen LogP contribution in [0.15, 0.2) is 22.0 Å². The fourth-order valence-corrected chi connectivity index (χ4v) is 4.96. The van der Waals surface area contributed by atoms with Crippen LogP contribution < -0.4 is 0 Å². The number of ether oxygens (including phenoxy) is 1. The Labute approximate surface area is 145 Å². The summed E-state index contributed by atoms with van der Waals surface area (Å²) < 4.78 is 6.06. The molecular weight excluding hydrogens is 384 g/mol. The van der Waals surface area contributed by atoms with Gasteiger partial charge in [-0.25, -0.2) is 4.79 Å². The van der Waals surface area contributed by atoms with E-state index in [1.54, 1.807) is 6.07 Å². The van der Waals surface area contributed by atoms with E-state index < -0.39 is 5.97 Å². The minimum absolute atomic E-state index is 0.168. The molecule has 0 N–H and O–H groups in total. The van der Waals surface area contributed by atoms with Crippen LogP contribution in [0, 0.1) is 5.92 Å². The predicted octanol–water partition coefficient (Wildman–Crippen LogP) is 4.74. The molecule has 3 nitrogen and oxygen atoms in total. The number of hydrogen-bond donors (Lipinski definition) is 0. The molecule has 116 valence electrons. The summed E-state index contributed by atoms with van der Waals surface area (Å²) in [6.45, 7) is 2.03. The second-order valence-corrected chi connectivity index (χ2v) is 9.11. The van der Waals surface area contributed by atoms with Gasteiger partial charge in [0.25, 0.3) is 0 Å². The first-order valence-corrected chi connectivity index (χ1v) is 9.53. The fraction of sp³-hybridized carbons (Fsp3) is 0.375. The third-order valence-corrected chi connectivity index (χ3v) is 6.59. The van der Waals surface area contributed by atoms with Crippen LogP contribution in [-0.4, -0.2) is 18.4 Å². The SMILES string of the molecule is C[C@@H]1CCc2sc(C(=O)OCC(=O)c3ccc(Br)s3)cc2C1. The summed E-state index contributed by atoms with van der Waals surface area (Å²) in [6.07, 6.45) is 3.24. The van der Waals surface area contributed by atoms with Gasteiger partial charge in [0.1, 0.15) is 4.88 Å². The van der Waals surface area contributed by atoms with E-state index in [1.807, 2.05) is 12.1 Å². The van der Waals surface area contributed by atoms with E-state index in [2.05, 4.69) is 22.9 Å². The maximum absolute atomic E-state index is 12.1. The molecule has 0 amide bonds. The van der Waals surface area contributed by atoms with Gasteiger partial charge in [-0.3, -0.25) is 4.79 Å². The lowest BCUT2D eigenvalue weighted by Gasteiger charge is -2.16. The molecule has 0 bridgehead atoms. The van der Waals surface area contributed by atoms with E-state index in [0.717, 1.165) is 16.6 Å². The van der Waals surface area contributed by atoms with Crippen LogP contribution >= 0.6 is 38.6 Å². The zero-order chi connectivity index (χ0) is 15.7. The molecule has 2 heterocycles. The van der Waals surface area contributed by atoms with Gasteiger partial charge in [0, 0.05) is 4.88 Å². The van der Waals surface area contributed by atoms with E-state index in [4.69, 9.17) is 4.74 Å². The Hall–Kier alpha value is -0.980. The van der Waals surface area contributed by atoms with Crippen LogP contribution in [0.25, 0.3) is 0 Å². The topological polar surface area (TPSA) is 43.4 Å². The molecule has 0 saturated carbocycles. The molecular formula is C16H15BrO3S2. The van der Waals surface area contributed by atoms with Gasteiger partial charge in [0.05, 0.1) is 8.66 Å². The van der Waals surface area contributed by atoms with Crippen LogP contribution in [-0.2, 0) is 17.6 Å². The number of Topliss-reactive ketones (excluding diaryl/α,β-unsaturated/α-hetero) is 1. The number of hydrogen-bond acceptors (Lipinski definition) is 5. The van der Waals surface area contributed by atoms with Crippen molar-refractivity contribution in [2.45, 2.75) is 26.2 Å². The second-order valence-electron chi connectivity index (χ2n) is 5.51. The summed E-state index contributed by atoms with van der Waals surface area (Å²) in [7, 11) is 0. The smallest absolute Gasteiger partial charge is 0.348 e. The largest absolute Gasteiger partial charge is 0.453 e. The third-order valence-electron chi connectivity index (χ3n) is 3.71. The maximum atomic E-state index is 12.1. The lowest BCUT2D eigenvalue weighted by molar-refractivity contribution is 0.0480. The number of esters is 1. The summed E-state index contributed by atoms with van der Waals surface area (Å²) in [5, 5.41) is 0. The van der Waals surface area contributed by atoms with Crippen molar-refractivity contribution in [1.82, 2.24) is 0 Å². The van der Waals surface area contributed by atoms with Crippen molar-refractivity contribution in [3.63, 3.8) is 0 Å². The molecule has 0 unspecified atom stereocenters. The highest BCUT2D eigenvalue weighted by Crippen LogP contribution is 2.32. The summed E-state index contributed by atoms with van der Waals surface area (Å²) in [4.78, 5) is 26.6. The van der Waals surface area contributed by atoms with Crippen molar-refractivity contribution in [3.8, 4) is 0 Å². The highest BCUT2D eigenvalue weighted by molar-refractivity contribution is 9.11. The molecule has 0 radical (unpaired) electrons. The first kappa shape index (κ1) is 15.9. The average molecular weight is 399 g/mol. The Morgan fingerprint density at radius 3 is 2.86 bits per heavy atom. The Morgan fingerprint density at radius 2 is 2.14 bits per heavy atom. The van der Waals surface area contributed by atoms with Gasteiger partial charge < -0.3 is 4.74 Å². The molecule has 1 aliphatic carbocycles. The molecule has 0 fully saturated rings. The summed E-state index contributed by atoms with van der Waals surface area (Å²) in [5.41, 5.74) is 1.27. The first-order valence-electron chi connectivity index (χ1n) is 7.10. The molecule has 2 aromatic heterocycles. The van der Waals surface area contributed by atoms with E-state index in [1.165, 1.54) is 39.5 Å². The molecule has 0 spiro atoms. The monoisotopic (exact) mass is 398 g/mol. The van der Waals surface area contributed by atoms with Gasteiger partial charge >= 0.3 is 5.97 Å². The first-order chi connectivity index (χ1) is 10.5. The second kappa shape index (κ2) is 6.64. The molecule has 0 aliphatic heterocycles. The number of halogens is 1. The number of carbonyl (C=O) groups is 2. The van der Waals surface area contributed by atoms with Crippen LogP contribution in [0.4, 0.5) is 0 Å². The lowest BCUT2D eigenvalue weighted by atomic mass is 9.90. The van der Waals surface area contributed by atoms with Crippen molar-refractivity contribution >= 4 is 50.4 Å². The van der Waals surface area contributed by atoms with E-state index in [0.29, 0.717) is 15.7 Å². The lowest BCUT2D eigenvalue weighted by Crippen LogP contribution is -2.12. The van der Waals surface area contributed by atoms with Crippen molar-refractivity contribution in [3.05, 3.63) is 42.2 Å². The van der Waals surface area contributed by atoms with Crippen molar-refractivity contribution < 1.29 is 14.3 Å². The quantitative estimate of drug-likeness (QED) is 0.551. The Balaban J connectivity index is 1.62. The number of rotatable bonds is 4. The predicted molar refractivity (Wildman–Crippen MR) is 92.1 cm³/mol. The zero-order valence-corrected chi connectivity index (χ0v) is 15.3. The van der Waals surface area contributed by atoms with Gasteiger partial charge in [-0.15, -0.1) is 22.7 Å². The molecule has 0 aromatic carbocycles. The van der Waals surface area contributed by atoms with Crippen molar-refractivity contribution in [2.75, 3.05) is 6.61 Å². The molecule has 0 saturated heterocycles. The Morgan fingerprint density at radius 1 is 1.32 bits per heavy atom. The highest BCUT2D eigenvalue weighted by Gasteiger charge is 2.22. The number of thiophene rings is 2. The fourth-order valence-electron chi connectivity index (χ4n) is 2.54. The normalized spacial score (nSPS) is 17.1. The number of fused-ring (bicyclic) bond motifs is 1. The Kier molecular flexibility index (Phi) is 4.80.